The van der Waals surface area contributed by atoms with Gasteiger partial charge in [0.05, 0.1) is 13.1 Å². The number of aromatic nitrogens is 1. The van der Waals surface area contributed by atoms with Crippen molar-refractivity contribution in [1.29, 1.82) is 0 Å². The fourth-order valence-corrected chi connectivity index (χ4v) is 3.87. The lowest BCUT2D eigenvalue weighted by Crippen LogP contribution is -2.54. The average molecular weight is 534 g/mol. The molecule has 2 heterocycles. The molecule has 1 aromatic heterocycles. The van der Waals surface area contributed by atoms with Crippen molar-refractivity contribution in [3.8, 4) is 0 Å². The first-order valence-corrected chi connectivity index (χ1v) is 10.2. The molecule has 152 valence electrons. The quantitative estimate of drug-likeness (QED) is 0.364. The van der Waals surface area contributed by atoms with E-state index in [0.29, 0.717) is 31.2 Å². The molecule has 3 rings (SSSR count). The number of aliphatic imine (C=N–C) groups is 1. The number of nitrogens with zero attached hydrogens (tertiary/aromatic N) is 4. The number of piperazine rings is 1. The van der Waals surface area contributed by atoms with E-state index in [0.717, 1.165) is 29.5 Å². The summed E-state index contributed by atoms with van der Waals surface area (Å²) in [7, 11) is 1.74. The highest BCUT2D eigenvalue weighted by Gasteiger charge is 2.26. The summed E-state index contributed by atoms with van der Waals surface area (Å²) in [5.74, 6) is 0.837. The number of thiazole rings is 1. The number of rotatable bonds is 5. The molecule has 1 aromatic carbocycles. The van der Waals surface area contributed by atoms with Crippen LogP contribution in [0, 0.1) is 0 Å². The standard InChI is InChI=1S/C19H24ClN5OS.HI/c1-3-16-10-22-17(27-16)11-23-19(21-2)25-9-8-24(18(26)13-25)12-14-4-6-15(20)7-5-14;/h4-7,10H,3,8-9,11-13H2,1-2H3,(H,21,23);1H. The molecule has 1 aliphatic heterocycles. The molecule has 1 N–H and O–H groups in total. The Kier molecular flexibility index (Phi) is 8.97. The summed E-state index contributed by atoms with van der Waals surface area (Å²) in [6, 6.07) is 7.63. The maximum absolute atomic E-state index is 12.6. The molecular formula is C19H25ClIN5OS. The first kappa shape index (κ1) is 22.9. The van der Waals surface area contributed by atoms with E-state index in [1.807, 2.05) is 40.3 Å². The number of carbonyl (C=O) groups is 1. The molecule has 2 aromatic rings. The van der Waals surface area contributed by atoms with Gasteiger partial charge in [0.15, 0.2) is 5.96 Å². The maximum atomic E-state index is 12.6. The van der Waals surface area contributed by atoms with Crippen LogP contribution in [0.2, 0.25) is 5.02 Å². The summed E-state index contributed by atoms with van der Waals surface area (Å²) in [5.41, 5.74) is 1.08. The zero-order chi connectivity index (χ0) is 19.2. The molecule has 6 nitrogen and oxygen atoms in total. The molecule has 0 unspecified atom stereocenters. The van der Waals surface area contributed by atoms with Gasteiger partial charge in [-0.15, -0.1) is 35.3 Å². The second kappa shape index (κ2) is 11.0. The van der Waals surface area contributed by atoms with Gasteiger partial charge in [-0.05, 0) is 24.1 Å². The maximum Gasteiger partial charge on any atom is 0.242 e. The molecule has 9 heteroatoms. The summed E-state index contributed by atoms with van der Waals surface area (Å²) in [6.45, 7) is 5.09. The van der Waals surface area contributed by atoms with Crippen LogP contribution in [-0.4, -0.2) is 53.3 Å². The monoisotopic (exact) mass is 533 g/mol. The average Bonchev–Trinajstić information content (AvgIpc) is 3.14. The van der Waals surface area contributed by atoms with Gasteiger partial charge in [-0.1, -0.05) is 30.7 Å². The van der Waals surface area contributed by atoms with E-state index in [1.54, 1.807) is 18.4 Å². The van der Waals surface area contributed by atoms with Crippen molar-refractivity contribution in [2.24, 2.45) is 4.99 Å². The van der Waals surface area contributed by atoms with Crippen LogP contribution in [0.1, 0.15) is 22.4 Å². The summed E-state index contributed by atoms with van der Waals surface area (Å²) >= 11 is 7.63. The second-order valence-corrected chi connectivity index (χ2v) is 7.97. The van der Waals surface area contributed by atoms with Crippen LogP contribution < -0.4 is 5.32 Å². The summed E-state index contributed by atoms with van der Waals surface area (Å²) in [6.07, 6.45) is 2.92. The number of halogens is 2. The van der Waals surface area contributed by atoms with E-state index < -0.39 is 0 Å². The van der Waals surface area contributed by atoms with E-state index in [9.17, 15) is 4.79 Å². The molecule has 0 atom stereocenters. The number of carbonyl (C=O) groups excluding carboxylic acids is 1. The molecule has 0 radical (unpaired) electrons. The second-order valence-electron chi connectivity index (χ2n) is 6.34. The molecule has 0 bridgehead atoms. The van der Waals surface area contributed by atoms with Crippen molar-refractivity contribution in [1.82, 2.24) is 20.1 Å². The van der Waals surface area contributed by atoms with Gasteiger partial charge in [-0.3, -0.25) is 9.79 Å². The smallest absolute Gasteiger partial charge is 0.242 e. The summed E-state index contributed by atoms with van der Waals surface area (Å²) in [4.78, 5) is 26.5. The Morgan fingerprint density at radius 1 is 1.32 bits per heavy atom. The van der Waals surface area contributed by atoms with E-state index in [2.05, 4.69) is 22.2 Å². The van der Waals surface area contributed by atoms with Crippen molar-refractivity contribution >= 4 is 58.8 Å². The Hall–Kier alpha value is -1.39. The Labute approximate surface area is 192 Å². The van der Waals surface area contributed by atoms with E-state index in [4.69, 9.17) is 11.6 Å². The summed E-state index contributed by atoms with van der Waals surface area (Å²) in [5, 5.41) is 5.06. The molecule has 1 fully saturated rings. The molecule has 1 aliphatic rings. The van der Waals surface area contributed by atoms with Crippen LogP contribution in [0.25, 0.3) is 0 Å². The molecular weight excluding hydrogens is 509 g/mol. The molecule has 28 heavy (non-hydrogen) atoms. The van der Waals surface area contributed by atoms with Crippen molar-refractivity contribution in [3.05, 3.63) is 50.9 Å². The first-order valence-electron chi connectivity index (χ1n) is 9.00. The zero-order valence-electron chi connectivity index (χ0n) is 16.0. The number of nitrogens with one attached hydrogen (secondary N) is 1. The molecule has 1 amide bonds. The normalized spacial score (nSPS) is 14.8. The van der Waals surface area contributed by atoms with Crippen LogP contribution in [0.3, 0.4) is 0 Å². The third-order valence-corrected chi connectivity index (χ3v) is 5.86. The lowest BCUT2D eigenvalue weighted by atomic mass is 10.2. The number of amides is 1. The highest BCUT2D eigenvalue weighted by atomic mass is 127. The van der Waals surface area contributed by atoms with Crippen LogP contribution in [0.15, 0.2) is 35.5 Å². The van der Waals surface area contributed by atoms with Gasteiger partial charge >= 0.3 is 0 Å². The molecule has 0 saturated carbocycles. The molecule has 0 spiro atoms. The van der Waals surface area contributed by atoms with Gasteiger partial charge in [0.1, 0.15) is 5.01 Å². The number of hydrogen-bond acceptors (Lipinski definition) is 4. The molecule has 1 saturated heterocycles. The number of aryl methyl sites for hydroxylation is 1. The minimum Gasteiger partial charge on any atom is -0.350 e. The Balaban J connectivity index is 0.00000280. The van der Waals surface area contributed by atoms with E-state index in [1.165, 1.54) is 4.88 Å². The van der Waals surface area contributed by atoms with Crippen LogP contribution in [-0.2, 0) is 24.3 Å². The van der Waals surface area contributed by atoms with Gasteiger partial charge in [-0.25, -0.2) is 4.98 Å². The van der Waals surface area contributed by atoms with E-state index >= 15 is 0 Å². The third-order valence-electron chi connectivity index (χ3n) is 4.46. The third kappa shape index (κ3) is 6.05. The lowest BCUT2D eigenvalue weighted by Gasteiger charge is -2.36. The minimum absolute atomic E-state index is 0. The fraction of sp³-hybridized carbons (Fsp3) is 0.421. The van der Waals surface area contributed by atoms with Gasteiger partial charge < -0.3 is 15.1 Å². The van der Waals surface area contributed by atoms with Gasteiger partial charge in [-0.2, -0.15) is 0 Å². The number of hydrogen-bond donors (Lipinski definition) is 1. The highest BCUT2D eigenvalue weighted by Crippen LogP contribution is 2.15. The largest absolute Gasteiger partial charge is 0.350 e. The van der Waals surface area contributed by atoms with Crippen LogP contribution in [0.5, 0.6) is 0 Å². The van der Waals surface area contributed by atoms with Gasteiger partial charge in [0, 0.05) is 42.8 Å². The Bertz CT molecular complexity index is 811. The number of guanidine groups is 1. The van der Waals surface area contributed by atoms with E-state index in [-0.39, 0.29) is 29.9 Å². The van der Waals surface area contributed by atoms with Crippen molar-refractivity contribution < 1.29 is 4.79 Å². The van der Waals surface area contributed by atoms with Gasteiger partial charge in [0.2, 0.25) is 5.91 Å². The SMILES string of the molecule is CCc1cnc(CNC(=NC)N2CCN(Cc3ccc(Cl)cc3)C(=O)C2)s1.I. The zero-order valence-corrected chi connectivity index (χ0v) is 19.9. The first-order chi connectivity index (χ1) is 13.1. The predicted octanol–water partition coefficient (Wildman–Crippen LogP) is 3.40. The van der Waals surface area contributed by atoms with Crippen LogP contribution in [0.4, 0.5) is 0 Å². The summed E-state index contributed by atoms with van der Waals surface area (Å²) < 4.78 is 0. The molecule has 0 aliphatic carbocycles. The lowest BCUT2D eigenvalue weighted by molar-refractivity contribution is -0.135. The van der Waals surface area contributed by atoms with Crippen molar-refractivity contribution in [3.63, 3.8) is 0 Å². The predicted molar refractivity (Wildman–Crippen MR) is 126 cm³/mol. The number of benzene rings is 1. The highest BCUT2D eigenvalue weighted by molar-refractivity contribution is 14.0. The van der Waals surface area contributed by atoms with Gasteiger partial charge in [0.25, 0.3) is 0 Å². The van der Waals surface area contributed by atoms with Crippen molar-refractivity contribution in [2.45, 2.75) is 26.4 Å². The van der Waals surface area contributed by atoms with Crippen LogP contribution >= 0.6 is 46.9 Å². The topological polar surface area (TPSA) is 60.8 Å². The minimum atomic E-state index is 0. The fourth-order valence-electron chi connectivity index (χ4n) is 2.95. The Morgan fingerprint density at radius 2 is 2.07 bits per heavy atom. The van der Waals surface area contributed by atoms with Crippen molar-refractivity contribution in [2.75, 3.05) is 26.7 Å². The Morgan fingerprint density at radius 3 is 2.68 bits per heavy atom.